The van der Waals surface area contributed by atoms with Gasteiger partial charge in [-0.15, -0.1) is 0 Å². The summed E-state index contributed by atoms with van der Waals surface area (Å²) in [5, 5.41) is 0.986. The molecule has 0 atom stereocenters. The van der Waals surface area contributed by atoms with Crippen molar-refractivity contribution in [3.05, 3.63) is 21.2 Å². The number of halogens is 2. The Kier molecular flexibility index (Phi) is 6.02. The molecule has 102 valence electrons. The highest BCUT2D eigenvalue weighted by atomic mass is 35.5. The van der Waals surface area contributed by atoms with Crippen LogP contribution in [0.2, 0.25) is 10.0 Å². The summed E-state index contributed by atoms with van der Waals surface area (Å²) in [5.41, 5.74) is 12.7. The summed E-state index contributed by atoms with van der Waals surface area (Å²) in [6, 6.07) is 0. The maximum atomic E-state index is 6.32. The van der Waals surface area contributed by atoms with Gasteiger partial charge in [-0.05, 0) is 25.9 Å². The molecule has 0 aliphatic carbocycles. The lowest BCUT2D eigenvalue weighted by atomic mass is 10.0. The summed E-state index contributed by atoms with van der Waals surface area (Å²) >= 11 is 12.6. The third-order valence-electron chi connectivity index (χ3n) is 2.67. The normalized spacial score (nSPS) is 10.6. The fraction of sp³-hybridized carbons (Fsp3) is 0.500. The monoisotopic (exact) mass is 292 g/mol. The number of benzene rings is 1. The van der Waals surface area contributed by atoms with Gasteiger partial charge in [-0.2, -0.15) is 0 Å². The van der Waals surface area contributed by atoms with Crippen molar-refractivity contribution >= 4 is 23.2 Å². The van der Waals surface area contributed by atoms with Crippen molar-refractivity contribution in [1.29, 1.82) is 0 Å². The van der Waals surface area contributed by atoms with Crippen LogP contribution in [0, 0.1) is 0 Å². The Bertz CT molecular complexity index is 386. The molecule has 0 radical (unpaired) electrons. The van der Waals surface area contributed by atoms with E-state index < -0.39 is 0 Å². The molecule has 0 aromatic heterocycles. The number of ether oxygens (including phenoxy) is 2. The molecule has 1 rings (SSSR count). The zero-order chi connectivity index (χ0) is 13.7. The Balaban J connectivity index is 3.51. The molecule has 0 spiro atoms. The Labute approximate surface area is 117 Å². The van der Waals surface area contributed by atoms with E-state index in [1.54, 1.807) is 14.2 Å². The van der Waals surface area contributed by atoms with Crippen LogP contribution in [0.25, 0.3) is 0 Å². The van der Waals surface area contributed by atoms with Crippen molar-refractivity contribution in [2.24, 2.45) is 11.5 Å². The van der Waals surface area contributed by atoms with Gasteiger partial charge in [0.05, 0.1) is 24.3 Å². The second-order valence-electron chi connectivity index (χ2n) is 3.73. The van der Waals surface area contributed by atoms with Gasteiger partial charge in [-0.1, -0.05) is 23.2 Å². The summed E-state index contributed by atoms with van der Waals surface area (Å²) in [6.45, 7) is 0.900. The van der Waals surface area contributed by atoms with Crippen molar-refractivity contribution < 1.29 is 9.47 Å². The smallest absolute Gasteiger partial charge is 0.142 e. The zero-order valence-corrected chi connectivity index (χ0v) is 12.1. The van der Waals surface area contributed by atoms with E-state index in [1.807, 2.05) is 0 Å². The van der Waals surface area contributed by atoms with E-state index in [2.05, 4.69) is 0 Å². The fourth-order valence-electron chi connectivity index (χ4n) is 1.90. The maximum absolute atomic E-state index is 6.32. The molecule has 0 amide bonds. The van der Waals surface area contributed by atoms with E-state index >= 15 is 0 Å². The van der Waals surface area contributed by atoms with Gasteiger partial charge in [0.15, 0.2) is 0 Å². The molecule has 6 heteroatoms. The van der Waals surface area contributed by atoms with Gasteiger partial charge in [0, 0.05) is 11.1 Å². The summed E-state index contributed by atoms with van der Waals surface area (Å²) in [5.74, 6) is 1.10. The number of nitrogens with two attached hydrogens (primary N) is 2. The van der Waals surface area contributed by atoms with Crippen molar-refractivity contribution in [3.8, 4) is 11.5 Å². The Morgan fingerprint density at radius 3 is 1.39 bits per heavy atom. The predicted molar refractivity (Wildman–Crippen MR) is 75.1 cm³/mol. The van der Waals surface area contributed by atoms with Gasteiger partial charge in [0.2, 0.25) is 0 Å². The first kappa shape index (κ1) is 15.4. The van der Waals surface area contributed by atoms with Gasteiger partial charge >= 0.3 is 0 Å². The number of methoxy groups -OCH3 is 2. The molecule has 0 fully saturated rings. The summed E-state index contributed by atoms with van der Waals surface area (Å²) in [6.07, 6.45) is 1.14. The Hall–Kier alpha value is -0.680. The highest BCUT2D eigenvalue weighted by Gasteiger charge is 2.22. The predicted octanol–water partition coefficient (Wildman–Crippen LogP) is 2.01. The van der Waals surface area contributed by atoms with Gasteiger partial charge < -0.3 is 20.9 Å². The SMILES string of the molecule is COc1c(Cl)c(CCN)c(OC)c(Cl)c1CCN. The number of hydrogen-bond donors (Lipinski definition) is 2. The van der Waals surface area contributed by atoms with E-state index in [0.29, 0.717) is 47.5 Å². The van der Waals surface area contributed by atoms with Crippen LogP contribution in [-0.2, 0) is 12.8 Å². The minimum atomic E-state index is 0.450. The molecule has 18 heavy (non-hydrogen) atoms. The lowest BCUT2D eigenvalue weighted by Crippen LogP contribution is -2.10. The van der Waals surface area contributed by atoms with Crippen molar-refractivity contribution in [1.82, 2.24) is 0 Å². The topological polar surface area (TPSA) is 70.5 Å². The molecule has 4 nitrogen and oxygen atoms in total. The number of hydrogen-bond acceptors (Lipinski definition) is 4. The Morgan fingerprint density at radius 1 is 0.833 bits per heavy atom. The van der Waals surface area contributed by atoms with Crippen LogP contribution < -0.4 is 20.9 Å². The largest absolute Gasteiger partial charge is 0.495 e. The van der Waals surface area contributed by atoms with Crippen molar-refractivity contribution in [2.45, 2.75) is 12.8 Å². The van der Waals surface area contributed by atoms with Crippen LogP contribution >= 0.6 is 23.2 Å². The van der Waals surface area contributed by atoms with E-state index in [9.17, 15) is 0 Å². The molecular formula is C12H18Cl2N2O2. The van der Waals surface area contributed by atoms with Crippen LogP contribution in [0.3, 0.4) is 0 Å². The third-order valence-corrected chi connectivity index (χ3v) is 3.47. The van der Waals surface area contributed by atoms with Crippen molar-refractivity contribution in [3.63, 3.8) is 0 Å². The molecule has 0 aliphatic rings. The summed E-state index contributed by atoms with van der Waals surface area (Å²) in [4.78, 5) is 0. The van der Waals surface area contributed by atoms with E-state index in [4.69, 9.17) is 44.1 Å². The lowest BCUT2D eigenvalue weighted by molar-refractivity contribution is 0.395. The fourth-order valence-corrected chi connectivity index (χ4v) is 2.64. The summed E-state index contributed by atoms with van der Waals surface area (Å²) < 4.78 is 10.7. The maximum Gasteiger partial charge on any atom is 0.142 e. The highest BCUT2D eigenvalue weighted by Crippen LogP contribution is 2.44. The second kappa shape index (κ2) is 7.04. The molecule has 0 aliphatic heterocycles. The summed E-state index contributed by atoms with van der Waals surface area (Å²) in [7, 11) is 3.10. The van der Waals surface area contributed by atoms with E-state index in [0.717, 1.165) is 11.1 Å². The third kappa shape index (κ3) is 2.83. The van der Waals surface area contributed by atoms with E-state index in [1.165, 1.54) is 0 Å². The van der Waals surface area contributed by atoms with Crippen LogP contribution in [0.4, 0.5) is 0 Å². The molecule has 1 aromatic rings. The average Bonchev–Trinajstić information content (AvgIpc) is 2.36. The quantitative estimate of drug-likeness (QED) is 0.841. The first-order valence-electron chi connectivity index (χ1n) is 5.63. The molecule has 4 N–H and O–H groups in total. The molecule has 0 saturated heterocycles. The van der Waals surface area contributed by atoms with Crippen LogP contribution in [0.15, 0.2) is 0 Å². The molecule has 0 heterocycles. The minimum Gasteiger partial charge on any atom is -0.495 e. The zero-order valence-electron chi connectivity index (χ0n) is 10.6. The van der Waals surface area contributed by atoms with E-state index in [-0.39, 0.29) is 0 Å². The van der Waals surface area contributed by atoms with Gasteiger partial charge in [-0.25, -0.2) is 0 Å². The molecular weight excluding hydrogens is 275 g/mol. The standard InChI is InChI=1S/C12H18Cl2N2O2/c1-17-11-7(3-5-15)10(14)12(18-2)8(4-6-16)9(11)13/h3-6,15-16H2,1-2H3. The number of rotatable bonds is 6. The van der Waals surface area contributed by atoms with Crippen LogP contribution in [0.5, 0.6) is 11.5 Å². The molecule has 0 bridgehead atoms. The highest BCUT2D eigenvalue weighted by molar-refractivity contribution is 6.36. The molecule has 0 unspecified atom stereocenters. The van der Waals surface area contributed by atoms with Gasteiger partial charge in [0.1, 0.15) is 11.5 Å². The van der Waals surface area contributed by atoms with Gasteiger partial charge in [-0.3, -0.25) is 0 Å². The van der Waals surface area contributed by atoms with Crippen LogP contribution in [-0.4, -0.2) is 27.3 Å². The lowest BCUT2D eigenvalue weighted by Gasteiger charge is -2.19. The van der Waals surface area contributed by atoms with Crippen molar-refractivity contribution in [2.75, 3.05) is 27.3 Å². The second-order valence-corrected chi connectivity index (χ2v) is 4.48. The van der Waals surface area contributed by atoms with Crippen LogP contribution in [0.1, 0.15) is 11.1 Å². The van der Waals surface area contributed by atoms with Gasteiger partial charge in [0.25, 0.3) is 0 Å². The first-order chi connectivity index (χ1) is 8.62. The first-order valence-corrected chi connectivity index (χ1v) is 6.38. The molecule has 1 aromatic carbocycles. The minimum absolute atomic E-state index is 0.450. The Morgan fingerprint density at radius 2 is 1.17 bits per heavy atom. The average molecular weight is 293 g/mol. The molecule has 0 saturated carbocycles.